The Hall–Kier alpha value is -1.81. The van der Waals surface area contributed by atoms with Crippen molar-refractivity contribution in [2.45, 2.75) is 0 Å². The average Bonchev–Trinajstić information content (AvgIpc) is 2.76. The Labute approximate surface area is 107 Å². The predicted octanol–water partition coefficient (Wildman–Crippen LogP) is 3.81. The zero-order valence-corrected chi connectivity index (χ0v) is 10.3. The van der Waals surface area contributed by atoms with E-state index in [4.69, 9.17) is 9.52 Å². The second kappa shape index (κ2) is 5.01. The molecule has 2 aromatic rings. The highest BCUT2D eigenvalue weighted by Crippen LogP contribution is 2.24. The van der Waals surface area contributed by atoms with Gasteiger partial charge in [0, 0.05) is 16.1 Å². The van der Waals surface area contributed by atoms with E-state index in [0.717, 1.165) is 16.1 Å². The lowest BCUT2D eigenvalue weighted by Gasteiger charge is -1.96. The second-order valence-electron chi connectivity index (χ2n) is 3.38. The summed E-state index contributed by atoms with van der Waals surface area (Å²) in [5.74, 6) is 0.236. The van der Waals surface area contributed by atoms with Crippen LogP contribution in [-0.4, -0.2) is 11.1 Å². The van der Waals surface area contributed by atoms with Crippen LogP contribution >= 0.6 is 15.9 Å². The van der Waals surface area contributed by atoms with E-state index < -0.39 is 5.97 Å². The number of hydrogen-bond acceptors (Lipinski definition) is 2. The zero-order chi connectivity index (χ0) is 12.3. The predicted molar refractivity (Wildman–Crippen MR) is 68.5 cm³/mol. The van der Waals surface area contributed by atoms with E-state index in [-0.39, 0.29) is 0 Å². The summed E-state index contributed by atoms with van der Waals surface area (Å²) >= 11 is 3.36. The number of rotatable bonds is 3. The highest BCUT2D eigenvalue weighted by atomic mass is 79.9. The molecule has 0 radical (unpaired) electrons. The molecule has 0 spiro atoms. The highest BCUT2D eigenvalue weighted by molar-refractivity contribution is 9.10. The number of benzene rings is 1. The lowest BCUT2D eigenvalue weighted by atomic mass is 10.2. The summed E-state index contributed by atoms with van der Waals surface area (Å²) in [4.78, 5) is 10.4. The van der Waals surface area contributed by atoms with E-state index in [1.165, 1.54) is 6.08 Å². The number of carboxylic acids is 1. The molecule has 1 N–H and O–H groups in total. The molecule has 0 saturated heterocycles. The van der Waals surface area contributed by atoms with Crippen molar-refractivity contribution in [3.05, 3.63) is 52.7 Å². The van der Waals surface area contributed by atoms with Crippen LogP contribution in [0.3, 0.4) is 0 Å². The van der Waals surface area contributed by atoms with Crippen LogP contribution in [0.25, 0.3) is 17.4 Å². The molecular weight excluding hydrogens is 284 g/mol. The molecule has 1 aromatic carbocycles. The molecule has 1 heterocycles. The lowest BCUT2D eigenvalue weighted by molar-refractivity contribution is -0.131. The molecule has 2 rings (SSSR count). The van der Waals surface area contributed by atoms with Crippen molar-refractivity contribution in [3.63, 3.8) is 0 Å². The Bertz CT molecular complexity index is 552. The first-order valence-corrected chi connectivity index (χ1v) is 5.71. The number of halogens is 1. The van der Waals surface area contributed by atoms with E-state index in [2.05, 4.69) is 15.9 Å². The number of aliphatic carboxylic acids is 1. The van der Waals surface area contributed by atoms with Gasteiger partial charge in [0.1, 0.15) is 11.5 Å². The average molecular weight is 293 g/mol. The summed E-state index contributed by atoms with van der Waals surface area (Å²) in [5, 5.41) is 8.50. The molecule has 0 fully saturated rings. The number of carboxylic acid groups (broad SMARTS) is 1. The van der Waals surface area contributed by atoms with Crippen LogP contribution in [0, 0.1) is 0 Å². The van der Waals surface area contributed by atoms with Gasteiger partial charge < -0.3 is 9.52 Å². The third-order valence-electron chi connectivity index (χ3n) is 2.15. The minimum Gasteiger partial charge on any atom is -0.478 e. The van der Waals surface area contributed by atoms with E-state index in [1.54, 1.807) is 6.07 Å². The maximum Gasteiger partial charge on any atom is 0.328 e. The number of hydrogen-bond donors (Lipinski definition) is 1. The van der Waals surface area contributed by atoms with E-state index in [1.807, 2.05) is 30.3 Å². The Morgan fingerprint density at radius 3 is 2.53 bits per heavy atom. The summed E-state index contributed by atoms with van der Waals surface area (Å²) in [6.45, 7) is 0. The Morgan fingerprint density at radius 2 is 1.88 bits per heavy atom. The van der Waals surface area contributed by atoms with Crippen LogP contribution in [0.4, 0.5) is 0 Å². The third-order valence-corrected chi connectivity index (χ3v) is 2.67. The smallest absolute Gasteiger partial charge is 0.328 e. The van der Waals surface area contributed by atoms with Gasteiger partial charge in [-0.15, -0.1) is 0 Å². The van der Waals surface area contributed by atoms with Gasteiger partial charge in [-0.05, 0) is 30.3 Å². The third kappa shape index (κ3) is 3.07. The molecule has 4 heteroatoms. The van der Waals surface area contributed by atoms with Gasteiger partial charge in [0.15, 0.2) is 0 Å². The molecule has 0 amide bonds. The lowest BCUT2D eigenvalue weighted by Crippen LogP contribution is -1.84. The van der Waals surface area contributed by atoms with Gasteiger partial charge in [-0.3, -0.25) is 0 Å². The molecule has 3 nitrogen and oxygen atoms in total. The van der Waals surface area contributed by atoms with Gasteiger partial charge in [-0.2, -0.15) is 0 Å². The first-order chi connectivity index (χ1) is 8.15. The van der Waals surface area contributed by atoms with E-state index >= 15 is 0 Å². The van der Waals surface area contributed by atoms with Crippen LogP contribution < -0.4 is 0 Å². The largest absolute Gasteiger partial charge is 0.478 e. The quantitative estimate of drug-likeness (QED) is 0.875. The minimum atomic E-state index is -0.994. The summed E-state index contributed by atoms with van der Waals surface area (Å²) in [6, 6.07) is 11.2. The van der Waals surface area contributed by atoms with Crippen LogP contribution in [-0.2, 0) is 4.79 Å². The summed E-state index contributed by atoms with van der Waals surface area (Å²) < 4.78 is 6.49. The topological polar surface area (TPSA) is 50.4 Å². The molecule has 0 bridgehead atoms. The second-order valence-corrected chi connectivity index (χ2v) is 4.30. The fourth-order valence-electron chi connectivity index (χ4n) is 1.37. The molecular formula is C13H9BrO3. The molecule has 1 aromatic heterocycles. The van der Waals surface area contributed by atoms with E-state index in [0.29, 0.717) is 11.5 Å². The van der Waals surface area contributed by atoms with Crippen LogP contribution in [0.1, 0.15) is 5.76 Å². The van der Waals surface area contributed by atoms with Crippen molar-refractivity contribution in [2.75, 3.05) is 0 Å². The SMILES string of the molecule is O=C(O)C=Cc1ccc(-c2ccc(Br)cc2)o1. The number of furan rings is 1. The van der Waals surface area contributed by atoms with Crippen molar-refractivity contribution >= 4 is 28.0 Å². The van der Waals surface area contributed by atoms with E-state index in [9.17, 15) is 4.79 Å². The van der Waals surface area contributed by atoms with Gasteiger partial charge in [0.25, 0.3) is 0 Å². The molecule has 86 valence electrons. The molecule has 0 atom stereocenters. The Balaban J connectivity index is 2.23. The summed E-state index contributed by atoms with van der Waals surface area (Å²) in [7, 11) is 0. The maximum atomic E-state index is 10.4. The van der Waals surface area contributed by atoms with Crippen molar-refractivity contribution in [2.24, 2.45) is 0 Å². The van der Waals surface area contributed by atoms with Crippen molar-refractivity contribution in [1.29, 1.82) is 0 Å². The van der Waals surface area contributed by atoms with Crippen molar-refractivity contribution in [3.8, 4) is 11.3 Å². The molecule has 0 aliphatic carbocycles. The Morgan fingerprint density at radius 1 is 1.18 bits per heavy atom. The standard InChI is InChI=1S/C13H9BrO3/c14-10-3-1-9(2-4-10)12-7-5-11(17-12)6-8-13(15)16/h1-8H,(H,15,16). The molecule has 0 unspecified atom stereocenters. The fourth-order valence-corrected chi connectivity index (χ4v) is 1.63. The van der Waals surface area contributed by atoms with Crippen molar-refractivity contribution in [1.82, 2.24) is 0 Å². The monoisotopic (exact) mass is 292 g/mol. The van der Waals surface area contributed by atoms with Gasteiger partial charge in [-0.1, -0.05) is 28.1 Å². The summed E-state index contributed by atoms with van der Waals surface area (Å²) in [5.41, 5.74) is 0.947. The summed E-state index contributed by atoms with van der Waals surface area (Å²) in [6.07, 6.45) is 2.47. The van der Waals surface area contributed by atoms with Gasteiger partial charge in [0.2, 0.25) is 0 Å². The fraction of sp³-hybridized carbons (Fsp3) is 0. The number of carbonyl (C=O) groups is 1. The Kier molecular flexibility index (Phi) is 3.44. The molecule has 0 aliphatic rings. The van der Waals surface area contributed by atoms with Crippen LogP contribution in [0.15, 0.2) is 51.4 Å². The highest BCUT2D eigenvalue weighted by Gasteiger charge is 2.02. The van der Waals surface area contributed by atoms with Crippen LogP contribution in [0.5, 0.6) is 0 Å². The molecule has 0 aliphatic heterocycles. The van der Waals surface area contributed by atoms with Crippen LogP contribution in [0.2, 0.25) is 0 Å². The van der Waals surface area contributed by atoms with Gasteiger partial charge >= 0.3 is 5.97 Å². The van der Waals surface area contributed by atoms with Crippen molar-refractivity contribution < 1.29 is 14.3 Å². The van der Waals surface area contributed by atoms with Gasteiger partial charge in [-0.25, -0.2) is 4.79 Å². The van der Waals surface area contributed by atoms with Gasteiger partial charge in [0.05, 0.1) is 0 Å². The minimum absolute atomic E-state index is 0.519. The zero-order valence-electron chi connectivity index (χ0n) is 8.76. The first-order valence-electron chi connectivity index (χ1n) is 4.92. The molecule has 17 heavy (non-hydrogen) atoms. The molecule has 0 saturated carbocycles. The maximum absolute atomic E-state index is 10.4. The normalized spacial score (nSPS) is 10.9. The first kappa shape index (κ1) is 11.7.